The van der Waals surface area contributed by atoms with Crippen LogP contribution in [0.1, 0.15) is 96.8 Å². The van der Waals surface area contributed by atoms with Crippen LogP contribution in [0, 0.1) is 0 Å². The minimum absolute atomic E-state index is 0.994. The van der Waals surface area contributed by atoms with E-state index in [4.69, 9.17) is 0 Å². The number of nitrogens with one attached hydrogen (secondary N) is 1. The predicted molar refractivity (Wildman–Crippen MR) is 90.6 cm³/mol. The summed E-state index contributed by atoms with van der Waals surface area (Å²) in [6, 6.07) is 0. The van der Waals surface area contributed by atoms with Crippen molar-refractivity contribution >= 4 is 5.84 Å². The second-order valence-corrected chi connectivity index (χ2v) is 6.25. The average molecular weight is 280 g/mol. The Kier molecular flexibility index (Phi) is 11.8. The Bertz CT molecular complexity index is 236. The molecule has 0 atom stereocenters. The Hall–Kier alpha value is -0.530. The van der Waals surface area contributed by atoms with Crippen molar-refractivity contribution in [2.24, 2.45) is 4.99 Å². The van der Waals surface area contributed by atoms with Crippen LogP contribution in [0.3, 0.4) is 0 Å². The first kappa shape index (κ1) is 17.5. The second-order valence-electron chi connectivity index (χ2n) is 6.25. The first-order valence-electron chi connectivity index (χ1n) is 9.20. The van der Waals surface area contributed by atoms with Gasteiger partial charge in [0.1, 0.15) is 0 Å². The van der Waals surface area contributed by atoms with E-state index in [1.165, 1.54) is 95.7 Å². The minimum atomic E-state index is 0.994. The van der Waals surface area contributed by atoms with Gasteiger partial charge in [0.05, 0.1) is 12.4 Å². The average Bonchev–Trinajstić information content (AvgIpc) is 2.97. The molecule has 0 bridgehead atoms. The Morgan fingerprint density at radius 1 is 0.750 bits per heavy atom. The molecule has 1 rings (SSSR count). The number of nitrogens with zero attached hydrogens (tertiary/aromatic N) is 1. The molecule has 20 heavy (non-hydrogen) atoms. The van der Waals surface area contributed by atoms with Gasteiger partial charge in [0.25, 0.3) is 0 Å². The van der Waals surface area contributed by atoms with Crippen molar-refractivity contribution in [3.8, 4) is 0 Å². The van der Waals surface area contributed by atoms with Gasteiger partial charge in [-0.3, -0.25) is 4.99 Å². The molecule has 0 spiro atoms. The van der Waals surface area contributed by atoms with E-state index in [1.807, 2.05) is 0 Å². The first-order valence-corrected chi connectivity index (χ1v) is 9.20. The molecule has 118 valence electrons. The molecule has 0 aromatic heterocycles. The van der Waals surface area contributed by atoms with Crippen molar-refractivity contribution in [3.63, 3.8) is 0 Å². The van der Waals surface area contributed by atoms with Crippen LogP contribution in [0.5, 0.6) is 0 Å². The Morgan fingerprint density at radius 3 is 1.70 bits per heavy atom. The summed E-state index contributed by atoms with van der Waals surface area (Å²) in [5.74, 6) is 1.26. The molecule has 2 heteroatoms. The van der Waals surface area contributed by atoms with Gasteiger partial charge in [0, 0.05) is 13.0 Å². The summed E-state index contributed by atoms with van der Waals surface area (Å²) in [6.45, 7) is 4.35. The number of unbranched alkanes of at least 4 members (excludes halogenated alkanes) is 12. The molecule has 0 amide bonds. The predicted octanol–water partition coefficient (Wildman–Crippen LogP) is 5.47. The van der Waals surface area contributed by atoms with Gasteiger partial charge in [-0.1, -0.05) is 84.0 Å². The number of hydrogen-bond donors (Lipinski definition) is 1. The summed E-state index contributed by atoms with van der Waals surface area (Å²) in [6.07, 6.45) is 19.8. The lowest BCUT2D eigenvalue weighted by molar-refractivity contribution is 0.540. The quantitative estimate of drug-likeness (QED) is 0.419. The lowest BCUT2D eigenvalue weighted by Crippen LogP contribution is -2.17. The van der Waals surface area contributed by atoms with Crippen molar-refractivity contribution in [1.82, 2.24) is 5.32 Å². The fraction of sp³-hybridized carbons (Fsp3) is 0.944. The highest BCUT2D eigenvalue weighted by Gasteiger charge is 2.03. The van der Waals surface area contributed by atoms with Crippen LogP contribution in [0.4, 0.5) is 0 Å². The molecular formula is C18H36N2. The molecule has 0 saturated carbocycles. The summed E-state index contributed by atoms with van der Waals surface area (Å²) in [7, 11) is 0. The Balaban J connectivity index is 1.68. The maximum atomic E-state index is 4.44. The van der Waals surface area contributed by atoms with Crippen LogP contribution < -0.4 is 5.32 Å². The molecule has 1 heterocycles. The summed E-state index contributed by atoms with van der Waals surface area (Å²) in [5, 5.41) is 3.35. The first-order chi connectivity index (χ1) is 9.93. The van der Waals surface area contributed by atoms with E-state index in [2.05, 4.69) is 17.2 Å². The third-order valence-electron chi connectivity index (χ3n) is 4.26. The minimum Gasteiger partial charge on any atom is -0.372 e. The second kappa shape index (κ2) is 13.5. The molecule has 0 radical (unpaired) electrons. The van der Waals surface area contributed by atoms with E-state index >= 15 is 0 Å². The van der Waals surface area contributed by atoms with Gasteiger partial charge in [-0.05, 0) is 6.42 Å². The van der Waals surface area contributed by atoms with Crippen LogP contribution in [-0.4, -0.2) is 18.9 Å². The molecule has 1 aliphatic heterocycles. The van der Waals surface area contributed by atoms with Crippen LogP contribution in [-0.2, 0) is 0 Å². The van der Waals surface area contributed by atoms with Gasteiger partial charge < -0.3 is 5.32 Å². The molecule has 0 aromatic carbocycles. The van der Waals surface area contributed by atoms with E-state index in [0.29, 0.717) is 0 Å². The molecule has 0 unspecified atom stereocenters. The van der Waals surface area contributed by atoms with Gasteiger partial charge in [-0.15, -0.1) is 0 Å². The zero-order valence-corrected chi connectivity index (χ0v) is 13.8. The van der Waals surface area contributed by atoms with Gasteiger partial charge >= 0.3 is 0 Å². The van der Waals surface area contributed by atoms with Crippen LogP contribution in [0.25, 0.3) is 0 Å². The van der Waals surface area contributed by atoms with Gasteiger partial charge in [0.2, 0.25) is 0 Å². The molecule has 0 aromatic rings. The van der Waals surface area contributed by atoms with E-state index < -0.39 is 0 Å². The van der Waals surface area contributed by atoms with Crippen molar-refractivity contribution in [1.29, 1.82) is 0 Å². The maximum Gasteiger partial charge on any atom is 0.0964 e. The monoisotopic (exact) mass is 280 g/mol. The standard InChI is InChI=1S/C18H36N2/c1-2-3-4-5-6-7-8-9-10-11-12-13-14-15-18-19-16-17-20-18/h2-17H2,1H3,(H,19,20). The van der Waals surface area contributed by atoms with Crippen molar-refractivity contribution in [2.45, 2.75) is 96.8 Å². The Labute approximate surface area is 126 Å². The van der Waals surface area contributed by atoms with Crippen LogP contribution in [0.15, 0.2) is 4.99 Å². The van der Waals surface area contributed by atoms with Crippen molar-refractivity contribution < 1.29 is 0 Å². The highest BCUT2D eigenvalue weighted by Crippen LogP contribution is 2.13. The van der Waals surface area contributed by atoms with Gasteiger partial charge in [-0.2, -0.15) is 0 Å². The van der Waals surface area contributed by atoms with Crippen LogP contribution in [0.2, 0.25) is 0 Å². The third-order valence-corrected chi connectivity index (χ3v) is 4.26. The Morgan fingerprint density at radius 2 is 1.25 bits per heavy atom. The number of hydrogen-bond acceptors (Lipinski definition) is 2. The maximum absolute atomic E-state index is 4.44. The van der Waals surface area contributed by atoms with Gasteiger partial charge in [0.15, 0.2) is 0 Å². The summed E-state index contributed by atoms with van der Waals surface area (Å²) in [4.78, 5) is 4.44. The lowest BCUT2D eigenvalue weighted by atomic mass is 10.0. The highest BCUT2D eigenvalue weighted by molar-refractivity contribution is 5.83. The third kappa shape index (κ3) is 10.3. The van der Waals surface area contributed by atoms with E-state index in [-0.39, 0.29) is 0 Å². The van der Waals surface area contributed by atoms with Crippen molar-refractivity contribution in [3.05, 3.63) is 0 Å². The van der Waals surface area contributed by atoms with Gasteiger partial charge in [-0.25, -0.2) is 0 Å². The van der Waals surface area contributed by atoms with E-state index in [0.717, 1.165) is 13.1 Å². The largest absolute Gasteiger partial charge is 0.372 e. The summed E-state index contributed by atoms with van der Waals surface area (Å²) in [5.41, 5.74) is 0. The zero-order valence-electron chi connectivity index (χ0n) is 13.8. The molecule has 0 aliphatic carbocycles. The molecule has 1 N–H and O–H groups in total. The number of rotatable bonds is 14. The normalized spacial score (nSPS) is 14.3. The number of amidine groups is 1. The number of aliphatic imine (C=N–C) groups is 1. The molecular weight excluding hydrogens is 244 g/mol. The summed E-state index contributed by atoms with van der Waals surface area (Å²) >= 11 is 0. The van der Waals surface area contributed by atoms with Crippen molar-refractivity contribution in [2.75, 3.05) is 13.1 Å². The van der Waals surface area contributed by atoms with Crippen LogP contribution >= 0.6 is 0 Å². The van der Waals surface area contributed by atoms with E-state index in [9.17, 15) is 0 Å². The fourth-order valence-corrected chi connectivity index (χ4v) is 2.92. The fourth-order valence-electron chi connectivity index (χ4n) is 2.92. The molecule has 0 fully saturated rings. The molecule has 0 saturated heterocycles. The summed E-state index contributed by atoms with van der Waals surface area (Å²) < 4.78 is 0. The lowest BCUT2D eigenvalue weighted by Gasteiger charge is -2.03. The molecule has 1 aliphatic rings. The smallest absolute Gasteiger partial charge is 0.0964 e. The SMILES string of the molecule is CCCCCCCCCCCCCCCC1=NCCN1. The molecule has 2 nitrogen and oxygen atoms in total. The topological polar surface area (TPSA) is 24.4 Å². The highest BCUT2D eigenvalue weighted by atomic mass is 15.1. The zero-order chi connectivity index (χ0) is 14.3. The van der Waals surface area contributed by atoms with E-state index in [1.54, 1.807) is 0 Å².